The molecule has 1 aromatic heterocycles. The van der Waals surface area contributed by atoms with E-state index in [1.54, 1.807) is 24.3 Å². The fraction of sp³-hybridized carbons (Fsp3) is 0.286. The fourth-order valence-electron chi connectivity index (χ4n) is 2.35. The van der Waals surface area contributed by atoms with Crippen LogP contribution in [0.15, 0.2) is 35.1 Å². The van der Waals surface area contributed by atoms with E-state index in [-0.39, 0.29) is 18.7 Å². The van der Waals surface area contributed by atoms with Gasteiger partial charge in [0.2, 0.25) is 0 Å². The van der Waals surface area contributed by atoms with Crippen molar-refractivity contribution in [2.24, 2.45) is 0 Å². The van der Waals surface area contributed by atoms with E-state index in [0.29, 0.717) is 0 Å². The standard InChI is InChI=1S/C14H13F2N3O3/c15-14(16)8-19(6-10-11(14)17-18-12(10)20)13(21)22-7-9-4-2-1-3-5-9/h1-5H,6-8H2,(H2,17,18,20). The van der Waals surface area contributed by atoms with Crippen molar-refractivity contribution in [1.29, 1.82) is 0 Å². The largest absolute Gasteiger partial charge is 0.445 e. The van der Waals surface area contributed by atoms with Crippen LogP contribution in [0.5, 0.6) is 0 Å². The second kappa shape index (κ2) is 5.28. The molecule has 0 saturated carbocycles. The molecule has 1 aliphatic heterocycles. The average molecular weight is 309 g/mol. The Balaban J connectivity index is 1.72. The molecular weight excluding hydrogens is 296 g/mol. The van der Waals surface area contributed by atoms with Crippen molar-refractivity contribution in [3.63, 3.8) is 0 Å². The minimum atomic E-state index is -3.32. The molecule has 6 nitrogen and oxygen atoms in total. The number of nitrogens with one attached hydrogen (secondary N) is 2. The molecule has 1 aliphatic rings. The number of alkyl halides is 2. The number of benzene rings is 1. The van der Waals surface area contributed by atoms with E-state index in [1.807, 2.05) is 6.07 Å². The Labute approximate surface area is 123 Å². The third-order valence-electron chi connectivity index (χ3n) is 3.44. The van der Waals surface area contributed by atoms with Gasteiger partial charge < -0.3 is 4.74 Å². The number of amides is 1. The lowest BCUT2D eigenvalue weighted by Crippen LogP contribution is -2.45. The summed E-state index contributed by atoms with van der Waals surface area (Å²) in [7, 11) is 0. The van der Waals surface area contributed by atoms with E-state index < -0.39 is 29.8 Å². The molecule has 0 unspecified atom stereocenters. The van der Waals surface area contributed by atoms with Gasteiger partial charge >= 0.3 is 12.0 Å². The number of hydrogen-bond acceptors (Lipinski definition) is 3. The number of carbonyl (C=O) groups is 1. The zero-order valence-corrected chi connectivity index (χ0v) is 11.4. The summed E-state index contributed by atoms with van der Waals surface area (Å²) in [6.07, 6.45) is -0.880. The second-order valence-electron chi connectivity index (χ2n) is 5.03. The zero-order chi connectivity index (χ0) is 15.7. The quantitative estimate of drug-likeness (QED) is 0.890. The molecule has 0 bridgehead atoms. The van der Waals surface area contributed by atoms with E-state index in [2.05, 4.69) is 10.2 Å². The van der Waals surface area contributed by atoms with Crippen molar-refractivity contribution >= 4 is 6.09 Å². The van der Waals surface area contributed by atoms with Crippen molar-refractivity contribution in [2.45, 2.75) is 19.1 Å². The van der Waals surface area contributed by atoms with E-state index in [1.165, 1.54) is 0 Å². The lowest BCUT2D eigenvalue weighted by Gasteiger charge is -2.30. The number of aromatic nitrogens is 2. The molecule has 0 aliphatic carbocycles. The lowest BCUT2D eigenvalue weighted by atomic mass is 10.1. The van der Waals surface area contributed by atoms with Crippen LogP contribution < -0.4 is 5.56 Å². The van der Waals surface area contributed by atoms with Crippen molar-refractivity contribution in [2.75, 3.05) is 6.54 Å². The van der Waals surface area contributed by atoms with Gasteiger partial charge in [0.1, 0.15) is 12.3 Å². The van der Waals surface area contributed by atoms with Gasteiger partial charge in [-0.2, -0.15) is 8.78 Å². The Morgan fingerprint density at radius 3 is 2.73 bits per heavy atom. The fourth-order valence-corrected chi connectivity index (χ4v) is 2.35. The van der Waals surface area contributed by atoms with Crippen LogP contribution in [0.3, 0.4) is 0 Å². The first-order chi connectivity index (χ1) is 10.5. The number of hydrogen-bond donors (Lipinski definition) is 2. The Kier molecular flexibility index (Phi) is 3.44. The molecule has 2 N–H and O–H groups in total. The molecule has 22 heavy (non-hydrogen) atoms. The number of aromatic amines is 2. The van der Waals surface area contributed by atoms with Gasteiger partial charge in [0.15, 0.2) is 0 Å². The van der Waals surface area contributed by atoms with Crippen molar-refractivity contribution < 1.29 is 18.3 Å². The molecule has 1 aromatic carbocycles. The summed E-state index contributed by atoms with van der Waals surface area (Å²) in [5.74, 6) is -3.32. The summed E-state index contributed by atoms with van der Waals surface area (Å²) < 4.78 is 32.9. The molecule has 116 valence electrons. The first-order valence-corrected chi connectivity index (χ1v) is 6.61. The van der Waals surface area contributed by atoms with Crippen LogP contribution in [-0.2, 0) is 23.8 Å². The van der Waals surface area contributed by atoms with Crippen LogP contribution >= 0.6 is 0 Å². The predicted octanol–water partition coefficient (Wildman–Crippen LogP) is 1.95. The van der Waals surface area contributed by atoms with Crippen LogP contribution in [0, 0.1) is 0 Å². The molecule has 0 radical (unpaired) electrons. The highest BCUT2D eigenvalue weighted by molar-refractivity contribution is 5.68. The summed E-state index contributed by atoms with van der Waals surface area (Å²) in [4.78, 5) is 24.3. The zero-order valence-electron chi connectivity index (χ0n) is 11.4. The monoisotopic (exact) mass is 309 g/mol. The Hall–Kier alpha value is -2.64. The van der Waals surface area contributed by atoms with Crippen molar-refractivity contribution in [1.82, 2.24) is 15.1 Å². The van der Waals surface area contributed by atoms with Gasteiger partial charge in [-0.1, -0.05) is 30.3 Å². The minimum Gasteiger partial charge on any atom is -0.445 e. The van der Waals surface area contributed by atoms with Crippen LogP contribution in [0.2, 0.25) is 0 Å². The Bertz CT molecular complexity index is 739. The van der Waals surface area contributed by atoms with E-state index >= 15 is 0 Å². The van der Waals surface area contributed by atoms with E-state index in [0.717, 1.165) is 10.5 Å². The maximum atomic E-state index is 13.9. The number of carbonyl (C=O) groups excluding carboxylic acids is 1. The molecule has 0 saturated heterocycles. The van der Waals surface area contributed by atoms with Crippen molar-refractivity contribution in [3.8, 4) is 0 Å². The molecule has 2 aromatic rings. The smallest absolute Gasteiger partial charge is 0.410 e. The third-order valence-corrected chi connectivity index (χ3v) is 3.44. The number of fused-ring (bicyclic) bond motifs is 1. The normalized spacial score (nSPS) is 16.2. The number of ether oxygens (including phenoxy) is 1. The topological polar surface area (TPSA) is 78.2 Å². The molecule has 8 heteroatoms. The maximum absolute atomic E-state index is 13.9. The third kappa shape index (κ3) is 2.59. The first-order valence-electron chi connectivity index (χ1n) is 6.61. The van der Waals surface area contributed by atoms with Gasteiger partial charge in [0.05, 0.1) is 18.7 Å². The van der Waals surface area contributed by atoms with Gasteiger partial charge in [-0.05, 0) is 5.56 Å². The van der Waals surface area contributed by atoms with Gasteiger partial charge in [-0.3, -0.25) is 19.9 Å². The van der Waals surface area contributed by atoms with Gasteiger partial charge in [-0.25, -0.2) is 4.79 Å². The Morgan fingerprint density at radius 1 is 1.27 bits per heavy atom. The number of halogens is 2. The highest BCUT2D eigenvalue weighted by Gasteiger charge is 2.45. The lowest BCUT2D eigenvalue weighted by molar-refractivity contribution is -0.0538. The van der Waals surface area contributed by atoms with E-state index in [9.17, 15) is 18.4 Å². The minimum absolute atomic E-state index is 0.0158. The van der Waals surface area contributed by atoms with Crippen LogP contribution in [-0.4, -0.2) is 27.7 Å². The summed E-state index contributed by atoms with van der Waals surface area (Å²) in [6, 6.07) is 8.89. The molecule has 0 spiro atoms. The maximum Gasteiger partial charge on any atom is 0.410 e. The Morgan fingerprint density at radius 2 is 2.00 bits per heavy atom. The number of nitrogens with zero attached hydrogens (tertiary/aromatic N) is 1. The van der Waals surface area contributed by atoms with Crippen LogP contribution in [0.25, 0.3) is 0 Å². The predicted molar refractivity (Wildman–Crippen MR) is 72.3 cm³/mol. The molecule has 3 rings (SSSR count). The van der Waals surface area contributed by atoms with Crippen molar-refractivity contribution in [3.05, 3.63) is 57.5 Å². The van der Waals surface area contributed by atoms with Gasteiger partial charge in [0.25, 0.3) is 5.56 Å². The number of H-pyrrole nitrogens is 2. The SMILES string of the molecule is O=C(OCc1ccccc1)N1Cc2c([nH][nH]c2=O)C(F)(F)C1. The molecule has 0 fully saturated rings. The molecule has 2 heterocycles. The molecule has 0 atom stereocenters. The summed E-state index contributed by atoms with van der Waals surface area (Å²) in [6.45, 7) is -1.06. The molecular formula is C14H13F2N3O3. The summed E-state index contributed by atoms with van der Waals surface area (Å²) in [5, 5.41) is 4.28. The van der Waals surface area contributed by atoms with Gasteiger partial charge in [0, 0.05) is 0 Å². The number of rotatable bonds is 2. The van der Waals surface area contributed by atoms with Crippen LogP contribution in [0.4, 0.5) is 13.6 Å². The average Bonchev–Trinajstić information content (AvgIpc) is 2.88. The molecule has 1 amide bonds. The second-order valence-corrected chi connectivity index (χ2v) is 5.03. The van der Waals surface area contributed by atoms with E-state index in [4.69, 9.17) is 4.74 Å². The highest BCUT2D eigenvalue weighted by Crippen LogP contribution is 2.33. The van der Waals surface area contributed by atoms with Crippen LogP contribution in [0.1, 0.15) is 16.8 Å². The summed E-state index contributed by atoms with van der Waals surface area (Å²) >= 11 is 0. The highest BCUT2D eigenvalue weighted by atomic mass is 19.3. The summed E-state index contributed by atoms with van der Waals surface area (Å²) in [5.41, 5.74) is -0.521. The van der Waals surface area contributed by atoms with Gasteiger partial charge in [-0.15, -0.1) is 0 Å². The first kappa shape index (κ1) is 14.3.